The second-order valence-electron chi connectivity index (χ2n) is 7.13. The first-order valence-corrected chi connectivity index (χ1v) is 10.4. The van der Waals surface area contributed by atoms with E-state index >= 15 is 0 Å². The first-order chi connectivity index (χ1) is 14.5. The fourth-order valence-corrected chi connectivity index (χ4v) is 4.40. The van der Waals surface area contributed by atoms with Crippen LogP contribution in [-0.2, 0) is 16.0 Å². The van der Waals surface area contributed by atoms with Crippen molar-refractivity contribution in [1.29, 1.82) is 0 Å². The molecular weight excluding hydrogens is 410 g/mol. The zero-order valence-electron chi connectivity index (χ0n) is 15.9. The summed E-state index contributed by atoms with van der Waals surface area (Å²) in [5.41, 5.74) is -0.260. The molecule has 1 fully saturated rings. The lowest BCUT2D eigenvalue weighted by atomic mass is 10.1. The molecule has 0 unspecified atom stereocenters. The number of anilines is 1. The van der Waals surface area contributed by atoms with Crippen molar-refractivity contribution in [2.75, 3.05) is 11.9 Å². The van der Waals surface area contributed by atoms with Crippen molar-refractivity contribution >= 4 is 33.0 Å². The van der Waals surface area contributed by atoms with E-state index in [4.69, 9.17) is 4.74 Å². The summed E-state index contributed by atoms with van der Waals surface area (Å²) >= 11 is 1.53. The number of carbonyl (C=O) groups is 1. The molecule has 1 aromatic carbocycles. The van der Waals surface area contributed by atoms with Gasteiger partial charge < -0.3 is 20.3 Å². The van der Waals surface area contributed by atoms with E-state index < -0.39 is 29.7 Å². The zero-order valence-corrected chi connectivity index (χ0v) is 16.7. The number of nitrogens with one attached hydrogen (secondary N) is 2. The van der Waals surface area contributed by atoms with E-state index in [1.54, 1.807) is 0 Å². The molecule has 30 heavy (non-hydrogen) atoms. The fourth-order valence-electron chi connectivity index (χ4n) is 3.50. The van der Waals surface area contributed by atoms with Gasteiger partial charge in [0.2, 0.25) is 5.91 Å². The second-order valence-corrected chi connectivity index (χ2v) is 8.04. The molecule has 3 atom stereocenters. The summed E-state index contributed by atoms with van der Waals surface area (Å²) in [6.07, 6.45) is -0.849. The quantitative estimate of drug-likeness (QED) is 0.459. The highest BCUT2D eigenvalue weighted by Gasteiger charge is 2.35. The van der Waals surface area contributed by atoms with Gasteiger partial charge in [-0.2, -0.15) is 0 Å². The Bertz CT molecular complexity index is 1180. The molecule has 2 aromatic heterocycles. The number of aliphatic hydroxyl groups excluding tert-OH is 2. The van der Waals surface area contributed by atoms with Gasteiger partial charge in [0.05, 0.1) is 18.4 Å². The summed E-state index contributed by atoms with van der Waals surface area (Å²) in [7, 11) is 0. The Labute approximate surface area is 174 Å². The van der Waals surface area contributed by atoms with Crippen molar-refractivity contribution in [3.05, 3.63) is 62.2 Å². The number of benzene rings is 1. The summed E-state index contributed by atoms with van der Waals surface area (Å²) in [5, 5.41) is 24.8. The van der Waals surface area contributed by atoms with Gasteiger partial charge in [-0.25, -0.2) is 4.79 Å². The van der Waals surface area contributed by atoms with Crippen LogP contribution in [-0.4, -0.2) is 44.5 Å². The highest BCUT2D eigenvalue weighted by atomic mass is 32.1. The van der Waals surface area contributed by atoms with Gasteiger partial charge in [-0.1, -0.05) is 18.2 Å². The van der Waals surface area contributed by atoms with Crippen molar-refractivity contribution in [3.8, 4) is 0 Å². The predicted octanol–water partition coefficient (Wildman–Crippen LogP) is 0.963. The number of aromatic nitrogens is 2. The van der Waals surface area contributed by atoms with Crippen LogP contribution in [0.1, 0.15) is 24.6 Å². The molecule has 0 bridgehead atoms. The standard InChI is InChI=1S/C20H21N3O6S/c24-9-15-14(25)7-18(29-15)23-8-11(19(27)22-20(23)28)5-6-17(26)21-13-10-30-16-4-2-1-3-12(13)16/h1-4,8,10,14-15,18,24-25H,5-7,9H2,(H,21,26)(H,22,27,28)/t14-,15+,18+/m0/s1. The third-order valence-electron chi connectivity index (χ3n) is 5.11. The maximum Gasteiger partial charge on any atom is 0.330 e. The SMILES string of the molecule is O=C(CCc1cn([C@H]2C[C@H](O)[C@@H](CO)O2)c(=O)[nH]c1=O)Nc1csc2ccccc12. The maximum atomic E-state index is 12.4. The summed E-state index contributed by atoms with van der Waals surface area (Å²) in [6.45, 7) is -0.375. The molecule has 158 valence electrons. The number of nitrogens with zero attached hydrogens (tertiary/aromatic N) is 1. The minimum absolute atomic E-state index is 0.0544. The molecule has 4 rings (SSSR count). The number of amides is 1. The molecule has 3 heterocycles. The van der Waals surface area contributed by atoms with Crippen LogP contribution in [0, 0.1) is 0 Å². The Kier molecular flexibility index (Phi) is 5.82. The van der Waals surface area contributed by atoms with Gasteiger partial charge >= 0.3 is 5.69 Å². The third-order valence-corrected chi connectivity index (χ3v) is 6.08. The molecule has 1 saturated heterocycles. The van der Waals surface area contributed by atoms with Gasteiger partial charge in [0.15, 0.2) is 0 Å². The Balaban J connectivity index is 1.46. The van der Waals surface area contributed by atoms with Crippen molar-refractivity contribution < 1.29 is 19.7 Å². The number of hydrogen-bond donors (Lipinski definition) is 4. The van der Waals surface area contributed by atoms with Crippen LogP contribution in [0.2, 0.25) is 0 Å². The number of fused-ring (bicyclic) bond motifs is 1. The highest BCUT2D eigenvalue weighted by Crippen LogP contribution is 2.30. The number of rotatable bonds is 6. The van der Waals surface area contributed by atoms with Gasteiger partial charge in [-0.3, -0.25) is 19.1 Å². The Morgan fingerprint density at radius 2 is 2.13 bits per heavy atom. The average Bonchev–Trinajstić information content (AvgIpc) is 3.30. The maximum absolute atomic E-state index is 12.4. The molecule has 10 heteroatoms. The lowest BCUT2D eigenvalue weighted by molar-refractivity contribution is -0.116. The van der Waals surface area contributed by atoms with Crippen LogP contribution in [0.5, 0.6) is 0 Å². The van der Waals surface area contributed by atoms with E-state index in [-0.39, 0.29) is 37.3 Å². The number of carbonyl (C=O) groups excluding carboxylic acids is 1. The zero-order chi connectivity index (χ0) is 21.3. The normalized spacial score (nSPS) is 21.2. The molecule has 0 saturated carbocycles. The van der Waals surface area contributed by atoms with E-state index in [1.165, 1.54) is 22.1 Å². The summed E-state index contributed by atoms with van der Waals surface area (Å²) in [4.78, 5) is 38.9. The molecule has 4 N–H and O–H groups in total. The van der Waals surface area contributed by atoms with Crippen molar-refractivity contribution in [2.24, 2.45) is 0 Å². The molecule has 3 aromatic rings. The number of aliphatic hydroxyl groups is 2. The molecule has 0 radical (unpaired) electrons. The summed E-state index contributed by atoms with van der Waals surface area (Å²) < 4.78 is 7.73. The van der Waals surface area contributed by atoms with Gasteiger partial charge in [0.1, 0.15) is 12.3 Å². The molecule has 1 aliphatic heterocycles. The average molecular weight is 431 g/mol. The molecule has 1 aliphatic rings. The number of aromatic amines is 1. The molecule has 0 aliphatic carbocycles. The third kappa shape index (κ3) is 4.08. The minimum atomic E-state index is -0.909. The van der Waals surface area contributed by atoms with Crippen molar-refractivity contribution in [3.63, 3.8) is 0 Å². The number of aryl methyl sites for hydroxylation is 1. The highest BCUT2D eigenvalue weighted by molar-refractivity contribution is 7.17. The Morgan fingerprint density at radius 1 is 1.33 bits per heavy atom. The topological polar surface area (TPSA) is 134 Å². The predicted molar refractivity (Wildman–Crippen MR) is 112 cm³/mol. The monoisotopic (exact) mass is 431 g/mol. The van der Waals surface area contributed by atoms with Crippen LogP contribution in [0.4, 0.5) is 5.69 Å². The first kappa shape index (κ1) is 20.5. The van der Waals surface area contributed by atoms with Crippen molar-refractivity contribution in [2.45, 2.75) is 37.7 Å². The van der Waals surface area contributed by atoms with E-state index in [1.807, 2.05) is 29.6 Å². The number of thiophene rings is 1. The number of ether oxygens (including phenoxy) is 1. The summed E-state index contributed by atoms with van der Waals surface area (Å²) in [6, 6.07) is 7.73. The van der Waals surface area contributed by atoms with E-state index in [2.05, 4.69) is 10.3 Å². The molecular formula is C20H21N3O6S. The fraction of sp³-hybridized carbons (Fsp3) is 0.350. The number of hydrogen-bond acceptors (Lipinski definition) is 7. The Morgan fingerprint density at radius 3 is 2.90 bits per heavy atom. The van der Waals surface area contributed by atoms with Gasteiger partial charge in [0, 0.05) is 40.1 Å². The van der Waals surface area contributed by atoms with E-state index in [0.29, 0.717) is 0 Å². The molecule has 1 amide bonds. The Hall–Kier alpha value is -2.79. The van der Waals surface area contributed by atoms with Crippen LogP contribution in [0.3, 0.4) is 0 Å². The van der Waals surface area contributed by atoms with Crippen LogP contribution in [0.25, 0.3) is 10.1 Å². The molecule has 9 nitrogen and oxygen atoms in total. The molecule has 0 spiro atoms. The van der Waals surface area contributed by atoms with Crippen molar-refractivity contribution in [1.82, 2.24) is 9.55 Å². The second kappa shape index (κ2) is 8.52. The smallest absolute Gasteiger partial charge is 0.330 e. The van der Waals surface area contributed by atoms with Gasteiger partial charge in [-0.15, -0.1) is 11.3 Å². The van der Waals surface area contributed by atoms with E-state index in [9.17, 15) is 24.6 Å². The first-order valence-electron chi connectivity index (χ1n) is 9.51. The van der Waals surface area contributed by atoms with E-state index in [0.717, 1.165) is 15.8 Å². The summed E-state index contributed by atoms with van der Waals surface area (Å²) in [5.74, 6) is -0.247. The minimum Gasteiger partial charge on any atom is -0.394 e. The number of H-pyrrole nitrogens is 1. The lowest BCUT2D eigenvalue weighted by Crippen LogP contribution is -2.34. The largest absolute Gasteiger partial charge is 0.394 e. The van der Waals surface area contributed by atoms with Crippen LogP contribution < -0.4 is 16.6 Å². The van der Waals surface area contributed by atoms with Crippen LogP contribution in [0.15, 0.2) is 45.4 Å². The van der Waals surface area contributed by atoms with Crippen LogP contribution >= 0.6 is 11.3 Å². The van der Waals surface area contributed by atoms with Gasteiger partial charge in [0.25, 0.3) is 5.56 Å². The lowest BCUT2D eigenvalue weighted by Gasteiger charge is -2.15. The van der Waals surface area contributed by atoms with Gasteiger partial charge in [-0.05, 0) is 12.5 Å².